The average Bonchev–Trinajstić information content (AvgIpc) is 2.74. The number of aromatic nitrogens is 2. The first-order chi connectivity index (χ1) is 9.38. The van der Waals surface area contributed by atoms with E-state index in [-0.39, 0.29) is 18.5 Å². The normalized spacial score (nSPS) is 13.8. The Morgan fingerprint density at radius 1 is 1.40 bits per heavy atom. The summed E-state index contributed by atoms with van der Waals surface area (Å²) in [4.78, 5) is 3.67. The minimum absolute atomic E-state index is 0.176. The lowest BCUT2D eigenvalue weighted by Crippen LogP contribution is -2.19. The first-order valence-electron chi connectivity index (χ1n) is 6.34. The summed E-state index contributed by atoms with van der Waals surface area (Å²) in [5.41, 5.74) is 6.55. The highest BCUT2D eigenvalue weighted by atomic mass is 19.4. The Kier molecular flexibility index (Phi) is 3.89. The summed E-state index contributed by atoms with van der Waals surface area (Å²) in [6.45, 7) is 1.61. The lowest BCUT2D eigenvalue weighted by molar-refractivity contribution is -0.147. The van der Waals surface area contributed by atoms with Gasteiger partial charge in [-0.3, -0.25) is 0 Å². The highest BCUT2D eigenvalue weighted by Crippen LogP contribution is 2.35. The van der Waals surface area contributed by atoms with Gasteiger partial charge in [0.15, 0.2) is 0 Å². The van der Waals surface area contributed by atoms with Crippen molar-refractivity contribution in [2.45, 2.75) is 32.0 Å². The maximum absolute atomic E-state index is 13.1. The van der Waals surface area contributed by atoms with Crippen LogP contribution in [0.25, 0.3) is 11.0 Å². The molecule has 2 aromatic rings. The number of aliphatic hydroxyl groups is 1. The van der Waals surface area contributed by atoms with Crippen LogP contribution in [0.1, 0.15) is 31.6 Å². The molecule has 0 radical (unpaired) electrons. The van der Waals surface area contributed by atoms with Gasteiger partial charge in [-0.1, -0.05) is 6.92 Å². The van der Waals surface area contributed by atoms with Crippen LogP contribution in [0, 0.1) is 0 Å². The molecule has 4 nitrogen and oxygen atoms in total. The number of aliphatic hydroxyl groups excluding tert-OH is 1. The molecule has 3 N–H and O–H groups in total. The summed E-state index contributed by atoms with van der Waals surface area (Å²) in [6.07, 6.45) is -3.83. The van der Waals surface area contributed by atoms with Crippen molar-refractivity contribution in [3.8, 4) is 0 Å². The Hall–Kier alpha value is -1.76. The molecule has 2 rings (SSSR count). The summed E-state index contributed by atoms with van der Waals surface area (Å²) < 4.78 is 40.6. The largest absolute Gasteiger partial charge is 0.449 e. The van der Waals surface area contributed by atoms with Gasteiger partial charge in [-0.25, -0.2) is 4.98 Å². The molecular formula is C13H16F3N3O. The molecule has 7 heteroatoms. The number of alkyl halides is 3. The van der Waals surface area contributed by atoms with Crippen molar-refractivity contribution in [3.05, 3.63) is 24.0 Å². The van der Waals surface area contributed by atoms with E-state index in [9.17, 15) is 13.2 Å². The molecular weight excluding hydrogens is 271 g/mol. The number of benzene rings is 1. The molecule has 0 saturated carbocycles. The number of rotatable bonds is 4. The molecule has 0 aliphatic carbocycles. The van der Waals surface area contributed by atoms with Gasteiger partial charge in [-0.05, 0) is 31.0 Å². The van der Waals surface area contributed by atoms with Crippen LogP contribution in [-0.2, 0) is 6.18 Å². The second kappa shape index (κ2) is 5.32. The molecule has 0 amide bonds. The van der Waals surface area contributed by atoms with Gasteiger partial charge < -0.3 is 15.4 Å². The summed E-state index contributed by atoms with van der Waals surface area (Å²) in [6, 6.07) is 4.05. The summed E-state index contributed by atoms with van der Waals surface area (Å²) in [5, 5.41) is 9.04. The molecule has 0 fully saturated rings. The van der Waals surface area contributed by atoms with E-state index in [0.29, 0.717) is 17.6 Å². The third kappa shape index (κ3) is 2.58. The van der Waals surface area contributed by atoms with E-state index >= 15 is 0 Å². The first-order valence-corrected chi connectivity index (χ1v) is 6.34. The maximum Gasteiger partial charge on any atom is 0.449 e. The number of imidazole rings is 1. The fourth-order valence-electron chi connectivity index (χ4n) is 2.35. The predicted octanol–water partition coefficient (Wildman–Crippen LogP) is 2.97. The standard InChI is InChI=1S/C13H16F3N3O/c1-2-9(5-6-20)19-11-4-3-8(17)7-10(11)18-12(19)13(14,15)16/h3-4,7,9,20H,2,5-6,17H2,1H3. The smallest absolute Gasteiger partial charge is 0.399 e. The van der Waals surface area contributed by atoms with E-state index < -0.39 is 18.0 Å². The number of hydrogen-bond donors (Lipinski definition) is 2. The molecule has 110 valence electrons. The predicted molar refractivity (Wildman–Crippen MR) is 70.2 cm³/mol. The van der Waals surface area contributed by atoms with Crippen molar-refractivity contribution in [3.63, 3.8) is 0 Å². The molecule has 0 spiro atoms. The van der Waals surface area contributed by atoms with E-state index in [1.54, 1.807) is 13.0 Å². The van der Waals surface area contributed by atoms with Gasteiger partial charge in [0.2, 0.25) is 5.82 Å². The molecule has 1 atom stereocenters. The molecule has 0 aliphatic heterocycles. The van der Waals surface area contributed by atoms with Gasteiger partial charge in [0.05, 0.1) is 11.0 Å². The zero-order chi connectivity index (χ0) is 14.9. The van der Waals surface area contributed by atoms with Gasteiger partial charge in [0, 0.05) is 18.3 Å². The van der Waals surface area contributed by atoms with Crippen molar-refractivity contribution >= 4 is 16.7 Å². The van der Waals surface area contributed by atoms with Crippen LogP contribution in [-0.4, -0.2) is 21.3 Å². The SMILES string of the molecule is CCC(CCO)n1c(C(F)(F)F)nc2cc(N)ccc21. The maximum atomic E-state index is 13.1. The fourth-order valence-corrected chi connectivity index (χ4v) is 2.35. The lowest BCUT2D eigenvalue weighted by atomic mass is 10.1. The quantitative estimate of drug-likeness (QED) is 0.850. The van der Waals surface area contributed by atoms with Gasteiger partial charge in [0.25, 0.3) is 0 Å². The molecule has 20 heavy (non-hydrogen) atoms. The van der Waals surface area contributed by atoms with E-state index in [1.807, 2.05) is 0 Å². The summed E-state index contributed by atoms with van der Waals surface area (Å²) in [5.74, 6) is -0.946. The van der Waals surface area contributed by atoms with Crippen molar-refractivity contribution in [2.24, 2.45) is 0 Å². The Balaban J connectivity index is 2.70. The highest BCUT2D eigenvalue weighted by molar-refractivity contribution is 5.80. The Bertz CT molecular complexity index is 607. The zero-order valence-electron chi connectivity index (χ0n) is 11.0. The minimum Gasteiger partial charge on any atom is -0.399 e. The average molecular weight is 287 g/mol. The zero-order valence-corrected chi connectivity index (χ0v) is 11.0. The topological polar surface area (TPSA) is 64.1 Å². The van der Waals surface area contributed by atoms with Crippen LogP contribution in [0.2, 0.25) is 0 Å². The van der Waals surface area contributed by atoms with Crippen molar-refractivity contribution in [1.82, 2.24) is 9.55 Å². The van der Waals surface area contributed by atoms with E-state index in [2.05, 4.69) is 4.98 Å². The number of nitrogens with zero attached hydrogens (tertiary/aromatic N) is 2. The van der Waals surface area contributed by atoms with Gasteiger partial charge in [0.1, 0.15) is 0 Å². The highest BCUT2D eigenvalue weighted by Gasteiger charge is 2.39. The van der Waals surface area contributed by atoms with Crippen LogP contribution < -0.4 is 5.73 Å². The third-order valence-corrected chi connectivity index (χ3v) is 3.27. The number of anilines is 1. The number of hydrogen-bond acceptors (Lipinski definition) is 3. The molecule has 0 bridgehead atoms. The molecule has 1 aromatic heterocycles. The summed E-state index contributed by atoms with van der Waals surface area (Å²) in [7, 11) is 0. The van der Waals surface area contributed by atoms with Gasteiger partial charge >= 0.3 is 6.18 Å². The van der Waals surface area contributed by atoms with Crippen molar-refractivity contribution in [1.29, 1.82) is 0 Å². The van der Waals surface area contributed by atoms with Crippen molar-refractivity contribution in [2.75, 3.05) is 12.3 Å². The lowest BCUT2D eigenvalue weighted by Gasteiger charge is -2.20. The van der Waals surface area contributed by atoms with E-state index in [0.717, 1.165) is 4.57 Å². The minimum atomic E-state index is -4.54. The van der Waals surface area contributed by atoms with Gasteiger partial charge in [-0.2, -0.15) is 13.2 Å². The third-order valence-electron chi connectivity index (χ3n) is 3.27. The van der Waals surface area contributed by atoms with Crippen molar-refractivity contribution < 1.29 is 18.3 Å². The fraction of sp³-hybridized carbons (Fsp3) is 0.462. The number of halogens is 3. The van der Waals surface area contributed by atoms with Crippen LogP contribution in [0.15, 0.2) is 18.2 Å². The van der Waals surface area contributed by atoms with E-state index in [4.69, 9.17) is 10.8 Å². The van der Waals surface area contributed by atoms with Gasteiger partial charge in [-0.15, -0.1) is 0 Å². The number of nitrogen functional groups attached to an aromatic ring is 1. The van der Waals surface area contributed by atoms with E-state index in [1.165, 1.54) is 12.1 Å². The molecule has 1 heterocycles. The molecule has 0 saturated heterocycles. The molecule has 1 unspecified atom stereocenters. The second-order valence-corrected chi connectivity index (χ2v) is 4.63. The molecule has 1 aromatic carbocycles. The second-order valence-electron chi connectivity index (χ2n) is 4.63. The van der Waals surface area contributed by atoms with Crippen LogP contribution in [0.3, 0.4) is 0 Å². The molecule has 0 aliphatic rings. The Morgan fingerprint density at radius 2 is 2.10 bits per heavy atom. The van der Waals surface area contributed by atoms with Crippen LogP contribution in [0.4, 0.5) is 18.9 Å². The summed E-state index contributed by atoms with van der Waals surface area (Å²) >= 11 is 0. The Labute approximate surface area is 114 Å². The van der Waals surface area contributed by atoms with Crippen LogP contribution >= 0.6 is 0 Å². The van der Waals surface area contributed by atoms with Crippen LogP contribution in [0.5, 0.6) is 0 Å². The Morgan fingerprint density at radius 3 is 2.65 bits per heavy atom. The monoisotopic (exact) mass is 287 g/mol. The number of fused-ring (bicyclic) bond motifs is 1. The first kappa shape index (κ1) is 14.6. The number of nitrogens with two attached hydrogens (primary N) is 1.